The number of benzene rings is 1. The van der Waals surface area contributed by atoms with Crippen LogP contribution in [0.1, 0.15) is 49.7 Å². The molecule has 5 nitrogen and oxygen atoms in total. The molecule has 1 aliphatic heterocycles. The molecule has 1 aromatic rings. The summed E-state index contributed by atoms with van der Waals surface area (Å²) in [5, 5.41) is 0.730. The molecular formula is C22H31ClN2O3. The molecule has 2 aliphatic rings. The average Bonchev–Trinajstić information content (AvgIpc) is 2.96. The summed E-state index contributed by atoms with van der Waals surface area (Å²) in [6, 6.07) is 3.71. The number of rotatable bonds is 4. The Kier molecular flexibility index (Phi) is 7.22. The number of hydrogen-bond acceptors (Lipinski definition) is 3. The van der Waals surface area contributed by atoms with Crippen LogP contribution in [0.4, 0.5) is 0 Å². The van der Waals surface area contributed by atoms with Gasteiger partial charge in [0.15, 0.2) is 6.61 Å². The van der Waals surface area contributed by atoms with Gasteiger partial charge in [0.1, 0.15) is 5.75 Å². The second-order valence-electron chi connectivity index (χ2n) is 8.05. The third kappa shape index (κ3) is 5.19. The van der Waals surface area contributed by atoms with Gasteiger partial charge in [-0.1, -0.05) is 30.9 Å². The van der Waals surface area contributed by atoms with Crippen LogP contribution in [0.2, 0.25) is 5.02 Å². The molecule has 2 amide bonds. The predicted octanol–water partition coefficient (Wildman–Crippen LogP) is 3.98. The molecule has 0 bridgehead atoms. The minimum Gasteiger partial charge on any atom is -0.484 e. The highest BCUT2D eigenvalue weighted by Crippen LogP contribution is 2.27. The summed E-state index contributed by atoms with van der Waals surface area (Å²) in [5.74, 6) is 1.11. The fourth-order valence-corrected chi connectivity index (χ4v) is 4.33. The standard InChI is InChI=1S/C22H31ClN2O3/c1-16-13-19(14-17(2)21(16)23)28-15-20(26)24-9-6-10-25(12-11-24)22(27)18-7-4-3-5-8-18/h13-14,18H,3-12,15H2,1-2H3. The molecule has 0 unspecified atom stereocenters. The molecule has 28 heavy (non-hydrogen) atoms. The average molecular weight is 407 g/mol. The molecule has 1 saturated heterocycles. The van der Waals surface area contributed by atoms with E-state index in [1.54, 1.807) is 0 Å². The molecule has 1 aromatic carbocycles. The zero-order valence-corrected chi connectivity index (χ0v) is 17.8. The van der Waals surface area contributed by atoms with E-state index in [1.807, 2.05) is 35.8 Å². The summed E-state index contributed by atoms with van der Waals surface area (Å²) in [6.07, 6.45) is 6.44. The first-order valence-corrected chi connectivity index (χ1v) is 10.8. The third-order valence-electron chi connectivity index (χ3n) is 5.89. The summed E-state index contributed by atoms with van der Waals surface area (Å²) in [4.78, 5) is 29.2. The molecule has 1 heterocycles. The van der Waals surface area contributed by atoms with Gasteiger partial charge >= 0.3 is 0 Å². The van der Waals surface area contributed by atoms with Crippen molar-refractivity contribution in [2.75, 3.05) is 32.8 Å². The number of hydrogen-bond donors (Lipinski definition) is 0. The Bertz CT molecular complexity index is 693. The van der Waals surface area contributed by atoms with E-state index in [0.29, 0.717) is 25.4 Å². The number of carbonyl (C=O) groups excluding carboxylic acids is 2. The monoisotopic (exact) mass is 406 g/mol. The van der Waals surface area contributed by atoms with Crippen LogP contribution in [0.25, 0.3) is 0 Å². The molecule has 0 atom stereocenters. The van der Waals surface area contributed by atoms with E-state index in [4.69, 9.17) is 16.3 Å². The normalized spacial score (nSPS) is 18.7. The molecule has 0 radical (unpaired) electrons. The van der Waals surface area contributed by atoms with E-state index in [9.17, 15) is 9.59 Å². The van der Waals surface area contributed by atoms with Crippen molar-refractivity contribution in [1.82, 2.24) is 9.80 Å². The van der Waals surface area contributed by atoms with Gasteiger partial charge in [-0.15, -0.1) is 0 Å². The minimum atomic E-state index is -0.0304. The van der Waals surface area contributed by atoms with E-state index in [-0.39, 0.29) is 24.3 Å². The summed E-state index contributed by atoms with van der Waals surface area (Å²) in [7, 11) is 0. The molecule has 1 aliphatic carbocycles. The summed E-state index contributed by atoms with van der Waals surface area (Å²) in [5.41, 5.74) is 1.88. The maximum atomic E-state index is 12.8. The molecule has 1 saturated carbocycles. The van der Waals surface area contributed by atoms with Gasteiger partial charge in [0.25, 0.3) is 5.91 Å². The summed E-state index contributed by atoms with van der Waals surface area (Å²) < 4.78 is 5.72. The van der Waals surface area contributed by atoms with Crippen LogP contribution in [-0.4, -0.2) is 54.4 Å². The molecule has 2 fully saturated rings. The van der Waals surface area contributed by atoms with Crippen molar-refractivity contribution in [2.24, 2.45) is 5.92 Å². The molecule has 3 rings (SSSR count). The fraction of sp³-hybridized carbons (Fsp3) is 0.636. The van der Waals surface area contributed by atoms with Gasteiger partial charge in [-0.2, -0.15) is 0 Å². The van der Waals surface area contributed by atoms with Crippen molar-refractivity contribution >= 4 is 23.4 Å². The lowest BCUT2D eigenvalue weighted by Crippen LogP contribution is -2.41. The van der Waals surface area contributed by atoms with Crippen LogP contribution in [-0.2, 0) is 9.59 Å². The van der Waals surface area contributed by atoms with Gasteiger partial charge in [0, 0.05) is 37.1 Å². The second kappa shape index (κ2) is 9.64. The minimum absolute atomic E-state index is 0.0110. The smallest absolute Gasteiger partial charge is 0.260 e. The SMILES string of the molecule is Cc1cc(OCC(=O)N2CCCN(C(=O)C3CCCCC3)CC2)cc(C)c1Cl. The van der Waals surface area contributed by atoms with Gasteiger partial charge in [-0.25, -0.2) is 0 Å². The first kappa shape index (κ1) is 21.0. The first-order valence-electron chi connectivity index (χ1n) is 10.4. The maximum absolute atomic E-state index is 12.8. The Morgan fingerprint density at radius 3 is 2.25 bits per heavy atom. The van der Waals surface area contributed by atoms with Crippen LogP contribution in [0, 0.1) is 19.8 Å². The van der Waals surface area contributed by atoms with Gasteiger partial charge in [-0.05, 0) is 56.4 Å². The number of aryl methyl sites for hydroxylation is 2. The Labute approximate surface area is 173 Å². The van der Waals surface area contributed by atoms with Crippen LogP contribution < -0.4 is 4.74 Å². The first-order chi connectivity index (χ1) is 13.5. The Morgan fingerprint density at radius 2 is 1.57 bits per heavy atom. The highest BCUT2D eigenvalue weighted by atomic mass is 35.5. The zero-order chi connectivity index (χ0) is 20.1. The van der Waals surface area contributed by atoms with E-state index in [0.717, 1.165) is 54.8 Å². The second-order valence-corrected chi connectivity index (χ2v) is 8.43. The molecule has 6 heteroatoms. The van der Waals surface area contributed by atoms with Crippen LogP contribution in [0.3, 0.4) is 0 Å². The Morgan fingerprint density at radius 1 is 0.964 bits per heavy atom. The molecule has 0 spiro atoms. The fourth-order valence-electron chi connectivity index (χ4n) is 4.22. The van der Waals surface area contributed by atoms with Gasteiger partial charge in [0.2, 0.25) is 5.91 Å². The lowest BCUT2D eigenvalue weighted by atomic mass is 9.88. The molecular weight excluding hydrogens is 376 g/mol. The van der Waals surface area contributed by atoms with E-state index in [1.165, 1.54) is 6.42 Å². The van der Waals surface area contributed by atoms with Gasteiger partial charge < -0.3 is 14.5 Å². The van der Waals surface area contributed by atoms with Crippen molar-refractivity contribution in [3.63, 3.8) is 0 Å². The lowest BCUT2D eigenvalue weighted by molar-refractivity contribution is -0.137. The molecule has 0 aromatic heterocycles. The van der Waals surface area contributed by atoms with E-state index >= 15 is 0 Å². The number of nitrogens with zero attached hydrogens (tertiary/aromatic N) is 2. The quantitative estimate of drug-likeness (QED) is 0.759. The Hall–Kier alpha value is -1.75. The number of halogens is 1. The van der Waals surface area contributed by atoms with Crippen molar-refractivity contribution in [3.8, 4) is 5.75 Å². The van der Waals surface area contributed by atoms with E-state index in [2.05, 4.69) is 0 Å². The topological polar surface area (TPSA) is 49.9 Å². The summed E-state index contributed by atoms with van der Waals surface area (Å²) >= 11 is 6.18. The summed E-state index contributed by atoms with van der Waals surface area (Å²) in [6.45, 7) is 6.50. The highest BCUT2D eigenvalue weighted by Gasteiger charge is 2.28. The Balaban J connectivity index is 1.50. The lowest BCUT2D eigenvalue weighted by Gasteiger charge is -2.28. The predicted molar refractivity (Wildman–Crippen MR) is 111 cm³/mol. The maximum Gasteiger partial charge on any atom is 0.260 e. The number of ether oxygens (including phenoxy) is 1. The van der Waals surface area contributed by atoms with Crippen molar-refractivity contribution in [1.29, 1.82) is 0 Å². The van der Waals surface area contributed by atoms with Gasteiger partial charge in [-0.3, -0.25) is 9.59 Å². The van der Waals surface area contributed by atoms with Crippen LogP contribution in [0.5, 0.6) is 5.75 Å². The number of carbonyl (C=O) groups is 2. The molecule has 154 valence electrons. The van der Waals surface area contributed by atoms with Gasteiger partial charge in [0.05, 0.1) is 0 Å². The van der Waals surface area contributed by atoms with E-state index < -0.39 is 0 Å². The highest BCUT2D eigenvalue weighted by molar-refractivity contribution is 6.32. The van der Waals surface area contributed by atoms with Crippen LogP contribution >= 0.6 is 11.6 Å². The van der Waals surface area contributed by atoms with Crippen molar-refractivity contribution < 1.29 is 14.3 Å². The van der Waals surface area contributed by atoms with Crippen molar-refractivity contribution in [3.05, 3.63) is 28.3 Å². The van der Waals surface area contributed by atoms with Crippen LogP contribution in [0.15, 0.2) is 12.1 Å². The largest absolute Gasteiger partial charge is 0.484 e. The third-order valence-corrected chi connectivity index (χ3v) is 6.48. The number of amides is 2. The van der Waals surface area contributed by atoms with Crippen molar-refractivity contribution in [2.45, 2.75) is 52.4 Å². The molecule has 0 N–H and O–H groups in total. The zero-order valence-electron chi connectivity index (χ0n) is 17.0.